The summed E-state index contributed by atoms with van der Waals surface area (Å²) in [6.07, 6.45) is 9.09. The monoisotopic (exact) mass is 184 g/mol. The van der Waals surface area contributed by atoms with E-state index in [1.165, 1.54) is 11.1 Å². The van der Waals surface area contributed by atoms with Crippen LogP contribution >= 0.6 is 0 Å². The summed E-state index contributed by atoms with van der Waals surface area (Å²) in [5.74, 6) is 0. The molecular weight excluding hydrogens is 168 g/mol. The van der Waals surface area contributed by atoms with Crippen molar-refractivity contribution < 1.29 is 0 Å². The molecule has 0 atom stereocenters. The molecule has 0 amide bonds. The fourth-order valence-corrected chi connectivity index (χ4v) is 1.32. The highest BCUT2D eigenvalue weighted by Crippen LogP contribution is 2.18. The Bertz CT molecular complexity index is 328. The smallest absolute Gasteiger partial charge is 0.00916 e. The molecule has 72 valence electrons. The first kappa shape index (κ1) is 10.5. The van der Waals surface area contributed by atoms with Crippen LogP contribution in [0.5, 0.6) is 0 Å². The second-order valence-corrected chi connectivity index (χ2v) is 3.07. The van der Waals surface area contributed by atoms with Gasteiger partial charge in [0.25, 0.3) is 0 Å². The molecule has 0 heterocycles. The van der Waals surface area contributed by atoms with Crippen molar-refractivity contribution in [2.75, 3.05) is 0 Å². The molecule has 0 saturated carbocycles. The molecule has 0 saturated heterocycles. The van der Waals surface area contributed by atoms with Crippen LogP contribution in [0.4, 0.5) is 0 Å². The SMILES string of the molecule is C=C/C=C(\CC=CC)c1ccccc1. The van der Waals surface area contributed by atoms with Gasteiger partial charge in [-0.1, -0.05) is 61.2 Å². The fraction of sp³-hybridized carbons (Fsp3) is 0.143. The summed E-state index contributed by atoms with van der Waals surface area (Å²) in [7, 11) is 0. The summed E-state index contributed by atoms with van der Waals surface area (Å²) < 4.78 is 0. The molecule has 0 radical (unpaired) electrons. The lowest BCUT2D eigenvalue weighted by Gasteiger charge is -2.03. The van der Waals surface area contributed by atoms with E-state index in [0.717, 1.165) is 6.42 Å². The van der Waals surface area contributed by atoms with Crippen LogP contribution < -0.4 is 0 Å². The molecule has 0 heteroatoms. The van der Waals surface area contributed by atoms with Gasteiger partial charge in [-0.3, -0.25) is 0 Å². The van der Waals surface area contributed by atoms with Crippen LogP contribution in [0.15, 0.2) is 61.2 Å². The lowest BCUT2D eigenvalue weighted by Crippen LogP contribution is -1.81. The van der Waals surface area contributed by atoms with E-state index in [1.54, 1.807) is 0 Å². The molecule has 0 fully saturated rings. The topological polar surface area (TPSA) is 0 Å². The predicted molar refractivity (Wildman–Crippen MR) is 64.0 cm³/mol. The quantitative estimate of drug-likeness (QED) is 0.485. The number of hydrogen-bond donors (Lipinski definition) is 0. The molecule has 0 aliphatic heterocycles. The molecular formula is C14H16. The zero-order valence-electron chi connectivity index (χ0n) is 8.61. The molecule has 1 rings (SSSR count). The minimum absolute atomic E-state index is 0.965. The highest BCUT2D eigenvalue weighted by molar-refractivity contribution is 5.67. The average molecular weight is 184 g/mol. The van der Waals surface area contributed by atoms with E-state index in [9.17, 15) is 0 Å². The zero-order chi connectivity index (χ0) is 10.2. The maximum Gasteiger partial charge on any atom is -0.00916 e. The molecule has 0 unspecified atom stereocenters. The average Bonchev–Trinajstić information content (AvgIpc) is 2.25. The Morgan fingerprint density at radius 1 is 1.29 bits per heavy atom. The first-order valence-electron chi connectivity index (χ1n) is 4.86. The van der Waals surface area contributed by atoms with Crippen LogP contribution in [0.2, 0.25) is 0 Å². The second kappa shape index (κ2) is 5.98. The summed E-state index contributed by atoms with van der Waals surface area (Å²) in [6.45, 7) is 5.77. The van der Waals surface area contributed by atoms with Crippen molar-refractivity contribution >= 4 is 5.57 Å². The summed E-state index contributed by atoms with van der Waals surface area (Å²) >= 11 is 0. The summed E-state index contributed by atoms with van der Waals surface area (Å²) in [5, 5.41) is 0. The van der Waals surface area contributed by atoms with Crippen molar-refractivity contribution in [3.8, 4) is 0 Å². The Kier molecular flexibility index (Phi) is 4.49. The summed E-state index contributed by atoms with van der Waals surface area (Å²) in [4.78, 5) is 0. The van der Waals surface area contributed by atoms with Crippen LogP contribution in [-0.2, 0) is 0 Å². The van der Waals surface area contributed by atoms with Gasteiger partial charge in [0.2, 0.25) is 0 Å². The van der Waals surface area contributed by atoms with Crippen LogP contribution in [-0.4, -0.2) is 0 Å². The van der Waals surface area contributed by atoms with E-state index in [4.69, 9.17) is 0 Å². The Morgan fingerprint density at radius 3 is 2.57 bits per heavy atom. The van der Waals surface area contributed by atoms with Gasteiger partial charge in [0.05, 0.1) is 0 Å². The normalized spacial score (nSPS) is 11.9. The van der Waals surface area contributed by atoms with Gasteiger partial charge in [0, 0.05) is 0 Å². The number of allylic oxidation sites excluding steroid dienone is 5. The molecule has 0 spiro atoms. The van der Waals surface area contributed by atoms with Crippen molar-refractivity contribution in [2.45, 2.75) is 13.3 Å². The second-order valence-electron chi connectivity index (χ2n) is 3.07. The molecule has 14 heavy (non-hydrogen) atoms. The lowest BCUT2D eigenvalue weighted by atomic mass is 10.0. The Morgan fingerprint density at radius 2 is 2.00 bits per heavy atom. The van der Waals surface area contributed by atoms with Crippen LogP contribution in [0.3, 0.4) is 0 Å². The third-order valence-electron chi connectivity index (χ3n) is 2.04. The zero-order valence-corrected chi connectivity index (χ0v) is 8.61. The first-order chi connectivity index (χ1) is 6.88. The molecule has 0 aliphatic carbocycles. The minimum atomic E-state index is 0.965. The molecule has 0 bridgehead atoms. The minimum Gasteiger partial charge on any atom is -0.0991 e. The number of rotatable bonds is 4. The summed E-state index contributed by atoms with van der Waals surface area (Å²) in [5.41, 5.74) is 2.57. The van der Waals surface area contributed by atoms with Gasteiger partial charge in [0.1, 0.15) is 0 Å². The van der Waals surface area contributed by atoms with Crippen LogP contribution in [0.1, 0.15) is 18.9 Å². The summed E-state index contributed by atoms with van der Waals surface area (Å²) in [6, 6.07) is 10.4. The maximum atomic E-state index is 3.73. The van der Waals surface area contributed by atoms with Crippen molar-refractivity contribution in [3.05, 3.63) is 66.8 Å². The van der Waals surface area contributed by atoms with Gasteiger partial charge in [-0.05, 0) is 24.5 Å². The fourth-order valence-electron chi connectivity index (χ4n) is 1.32. The Labute approximate surface area is 86.3 Å². The lowest BCUT2D eigenvalue weighted by molar-refractivity contribution is 1.37. The van der Waals surface area contributed by atoms with Gasteiger partial charge in [-0.25, -0.2) is 0 Å². The van der Waals surface area contributed by atoms with E-state index < -0.39 is 0 Å². The van der Waals surface area contributed by atoms with Crippen molar-refractivity contribution in [1.82, 2.24) is 0 Å². The first-order valence-corrected chi connectivity index (χ1v) is 4.86. The van der Waals surface area contributed by atoms with Crippen molar-refractivity contribution in [1.29, 1.82) is 0 Å². The van der Waals surface area contributed by atoms with Crippen molar-refractivity contribution in [3.63, 3.8) is 0 Å². The third-order valence-corrected chi connectivity index (χ3v) is 2.04. The van der Waals surface area contributed by atoms with Gasteiger partial charge in [0.15, 0.2) is 0 Å². The largest absolute Gasteiger partial charge is 0.0991 e. The Hall–Kier alpha value is -1.56. The van der Waals surface area contributed by atoms with Gasteiger partial charge >= 0.3 is 0 Å². The van der Waals surface area contributed by atoms with Crippen molar-refractivity contribution in [2.24, 2.45) is 0 Å². The molecule has 0 aromatic heterocycles. The van der Waals surface area contributed by atoms with E-state index >= 15 is 0 Å². The standard InChI is InChI=1S/C14H16/c1-3-5-10-13(9-4-2)14-11-7-6-8-12-14/h3-9,11-12H,2,10H2,1H3/b5-3?,13-9+. The predicted octanol–water partition coefficient (Wildman–Crippen LogP) is 4.22. The van der Waals surface area contributed by atoms with E-state index in [1.807, 2.05) is 19.1 Å². The third kappa shape index (κ3) is 3.06. The number of benzene rings is 1. The maximum absolute atomic E-state index is 3.73. The molecule has 1 aromatic carbocycles. The molecule has 0 N–H and O–H groups in total. The van der Waals surface area contributed by atoms with Gasteiger partial charge in [-0.15, -0.1) is 0 Å². The molecule has 0 nitrogen and oxygen atoms in total. The van der Waals surface area contributed by atoms with E-state index in [-0.39, 0.29) is 0 Å². The van der Waals surface area contributed by atoms with Gasteiger partial charge in [-0.2, -0.15) is 0 Å². The van der Waals surface area contributed by atoms with Gasteiger partial charge < -0.3 is 0 Å². The highest BCUT2D eigenvalue weighted by Gasteiger charge is 1.96. The Balaban J connectivity index is 2.89. The van der Waals surface area contributed by atoms with Crippen LogP contribution in [0, 0.1) is 0 Å². The molecule has 0 aliphatic rings. The highest BCUT2D eigenvalue weighted by atomic mass is 14.0. The van der Waals surface area contributed by atoms with Crippen LogP contribution in [0.25, 0.3) is 5.57 Å². The van der Waals surface area contributed by atoms with E-state index in [0.29, 0.717) is 0 Å². The van der Waals surface area contributed by atoms with E-state index in [2.05, 4.69) is 49.1 Å². The number of hydrogen-bond acceptors (Lipinski definition) is 0. The molecule has 1 aromatic rings.